The van der Waals surface area contributed by atoms with E-state index >= 15 is 0 Å². The molecule has 1 aliphatic heterocycles. The normalized spacial score (nSPS) is 20.6. The number of likely N-dealkylation sites (N-methyl/N-ethyl adjacent to an activating group) is 1. The van der Waals surface area contributed by atoms with Gasteiger partial charge in [-0.15, -0.1) is 0 Å². The minimum Gasteiger partial charge on any atom is -0.380 e. The zero-order valence-electron chi connectivity index (χ0n) is 11.9. The number of hydrogen-bond acceptors (Lipinski definition) is 3. The lowest BCUT2D eigenvalue weighted by Crippen LogP contribution is -2.32. The summed E-state index contributed by atoms with van der Waals surface area (Å²) in [6.45, 7) is 8.71. The zero-order chi connectivity index (χ0) is 12.5. The van der Waals surface area contributed by atoms with E-state index in [4.69, 9.17) is 4.74 Å². The average molecular weight is 242 g/mol. The lowest BCUT2D eigenvalue weighted by molar-refractivity contribution is 0.158. The van der Waals surface area contributed by atoms with Crippen LogP contribution in [0.15, 0.2) is 0 Å². The second kappa shape index (κ2) is 8.90. The third kappa shape index (κ3) is 7.02. The minimum absolute atomic E-state index is 0.628. The van der Waals surface area contributed by atoms with Crippen molar-refractivity contribution in [3.63, 3.8) is 0 Å². The Morgan fingerprint density at radius 1 is 1.24 bits per heavy atom. The van der Waals surface area contributed by atoms with Gasteiger partial charge >= 0.3 is 0 Å². The van der Waals surface area contributed by atoms with Gasteiger partial charge in [0.1, 0.15) is 0 Å². The summed E-state index contributed by atoms with van der Waals surface area (Å²) < 4.78 is 5.41. The highest BCUT2D eigenvalue weighted by atomic mass is 16.5. The van der Waals surface area contributed by atoms with Gasteiger partial charge in [0.25, 0.3) is 0 Å². The third-order valence-corrected chi connectivity index (χ3v) is 3.52. The van der Waals surface area contributed by atoms with Crippen LogP contribution < -0.4 is 5.32 Å². The average Bonchev–Trinajstić information content (AvgIpc) is 2.80. The summed E-state index contributed by atoms with van der Waals surface area (Å²) in [5.41, 5.74) is 0. The maximum absolute atomic E-state index is 5.41. The van der Waals surface area contributed by atoms with Crippen LogP contribution >= 0.6 is 0 Å². The first kappa shape index (κ1) is 14.9. The van der Waals surface area contributed by atoms with Crippen LogP contribution in [0.1, 0.15) is 46.0 Å². The molecule has 0 amide bonds. The van der Waals surface area contributed by atoms with E-state index in [1.807, 2.05) is 0 Å². The number of hydrogen-bond donors (Lipinski definition) is 1. The Balaban J connectivity index is 1.86. The van der Waals surface area contributed by atoms with E-state index in [9.17, 15) is 0 Å². The van der Waals surface area contributed by atoms with Crippen molar-refractivity contribution in [2.45, 2.75) is 58.0 Å². The number of rotatable bonds is 9. The van der Waals surface area contributed by atoms with Gasteiger partial charge in [0.2, 0.25) is 0 Å². The lowest BCUT2D eigenvalue weighted by Gasteiger charge is -2.22. The van der Waals surface area contributed by atoms with Crippen molar-refractivity contribution in [2.24, 2.45) is 0 Å². The summed E-state index contributed by atoms with van der Waals surface area (Å²) in [7, 11) is 2.24. The van der Waals surface area contributed by atoms with Crippen molar-refractivity contribution < 1.29 is 4.74 Å². The van der Waals surface area contributed by atoms with Crippen LogP contribution in [0.2, 0.25) is 0 Å². The van der Waals surface area contributed by atoms with Crippen LogP contribution in [-0.4, -0.2) is 50.3 Å². The molecule has 1 heterocycles. The number of nitrogens with zero attached hydrogens (tertiary/aromatic N) is 1. The predicted octanol–water partition coefficient (Wildman–Crippen LogP) is 2.27. The second-order valence-corrected chi connectivity index (χ2v) is 5.52. The number of nitrogens with one attached hydrogen (secondary N) is 1. The molecule has 0 saturated carbocycles. The van der Waals surface area contributed by atoms with Crippen molar-refractivity contribution in [2.75, 3.05) is 33.4 Å². The van der Waals surface area contributed by atoms with Crippen LogP contribution in [0.3, 0.4) is 0 Å². The molecule has 3 heteroatoms. The zero-order valence-corrected chi connectivity index (χ0v) is 11.9. The Hall–Kier alpha value is -0.120. The standard InChI is InChI=1S/C14H30N2O/c1-13(2)15-9-6-4-5-7-10-16(3)14-8-11-17-12-14/h13-15H,4-12H2,1-3H3. The summed E-state index contributed by atoms with van der Waals surface area (Å²) in [5, 5.41) is 3.46. The summed E-state index contributed by atoms with van der Waals surface area (Å²) in [5.74, 6) is 0. The van der Waals surface area contributed by atoms with Crippen LogP contribution in [-0.2, 0) is 4.74 Å². The SMILES string of the molecule is CC(C)NCCCCCCN(C)C1CCOC1. The molecule has 0 radical (unpaired) electrons. The lowest BCUT2D eigenvalue weighted by atomic mass is 10.1. The molecule has 1 fully saturated rings. The topological polar surface area (TPSA) is 24.5 Å². The monoisotopic (exact) mass is 242 g/mol. The highest BCUT2D eigenvalue weighted by Gasteiger charge is 2.19. The molecule has 0 aliphatic carbocycles. The maximum atomic E-state index is 5.41. The van der Waals surface area contributed by atoms with Crippen LogP contribution in [0.25, 0.3) is 0 Å². The van der Waals surface area contributed by atoms with E-state index in [1.165, 1.54) is 45.2 Å². The van der Waals surface area contributed by atoms with E-state index < -0.39 is 0 Å². The van der Waals surface area contributed by atoms with E-state index in [0.717, 1.165) is 13.2 Å². The molecular formula is C14H30N2O. The molecule has 17 heavy (non-hydrogen) atoms. The Bertz CT molecular complexity index is 179. The first-order valence-corrected chi connectivity index (χ1v) is 7.21. The largest absolute Gasteiger partial charge is 0.380 e. The molecule has 0 aromatic carbocycles. The maximum Gasteiger partial charge on any atom is 0.0622 e. The van der Waals surface area contributed by atoms with Crippen molar-refractivity contribution in [3.8, 4) is 0 Å². The Labute approximate surface area is 107 Å². The Morgan fingerprint density at radius 3 is 2.65 bits per heavy atom. The molecule has 1 atom stereocenters. The summed E-state index contributed by atoms with van der Waals surface area (Å²) in [6.07, 6.45) is 6.57. The minimum atomic E-state index is 0.628. The van der Waals surface area contributed by atoms with Gasteiger partial charge in [-0.1, -0.05) is 26.7 Å². The van der Waals surface area contributed by atoms with E-state index in [0.29, 0.717) is 12.1 Å². The van der Waals surface area contributed by atoms with Gasteiger partial charge in [0.15, 0.2) is 0 Å². The summed E-state index contributed by atoms with van der Waals surface area (Å²) >= 11 is 0. The fraction of sp³-hybridized carbons (Fsp3) is 1.00. The molecule has 1 unspecified atom stereocenters. The fourth-order valence-corrected chi connectivity index (χ4v) is 2.28. The van der Waals surface area contributed by atoms with E-state index in [-0.39, 0.29) is 0 Å². The van der Waals surface area contributed by atoms with E-state index in [1.54, 1.807) is 0 Å². The van der Waals surface area contributed by atoms with Gasteiger partial charge in [-0.05, 0) is 39.4 Å². The van der Waals surface area contributed by atoms with Crippen molar-refractivity contribution in [1.29, 1.82) is 0 Å². The van der Waals surface area contributed by atoms with Crippen LogP contribution in [0, 0.1) is 0 Å². The van der Waals surface area contributed by atoms with Gasteiger partial charge in [-0.25, -0.2) is 0 Å². The molecule has 0 aromatic heterocycles. The van der Waals surface area contributed by atoms with Crippen molar-refractivity contribution in [1.82, 2.24) is 10.2 Å². The van der Waals surface area contributed by atoms with Gasteiger partial charge in [-0.3, -0.25) is 0 Å². The van der Waals surface area contributed by atoms with Crippen molar-refractivity contribution in [3.05, 3.63) is 0 Å². The fourth-order valence-electron chi connectivity index (χ4n) is 2.28. The summed E-state index contributed by atoms with van der Waals surface area (Å²) in [6, 6.07) is 1.31. The molecule has 1 saturated heterocycles. The highest BCUT2D eigenvalue weighted by molar-refractivity contribution is 4.72. The number of ether oxygens (including phenoxy) is 1. The van der Waals surface area contributed by atoms with Crippen LogP contribution in [0.5, 0.6) is 0 Å². The molecule has 0 spiro atoms. The van der Waals surface area contributed by atoms with Gasteiger partial charge < -0.3 is 15.0 Å². The molecule has 0 aromatic rings. The Kier molecular flexibility index (Phi) is 7.82. The third-order valence-electron chi connectivity index (χ3n) is 3.52. The highest BCUT2D eigenvalue weighted by Crippen LogP contribution is 2.11. The van der Waals surface area contributed by atoms with Crippen molar-refractivity contribution >= 4 is 0 Å². The van der Waals surface area contributed by atoms with Gasteiger partial charge in [0, 0.05) is 18.7 Å². The molecule has 1 N–H and O–H groups in total. The molecule has 1 aliphatic rings. The molecule has 3 nitrogen and oxygen atoms in total. The van der Waals surface area contributed by atoms with Gasteiger partial charge in [0.05, 0.1) is 6.61 Å². The smallest absolute Gasteiger partial charge is 0.0622 e. The molecule has 0 bridgehead atoms. The predicted molar refractivity (Wildman–Crippen MR) is 73.5 cm³/mol. The van der Waals surface area contributed by atoms with Gasteiger partial charge in [-0.2, -0.15) is 0 Å². The first-order valence-electron chi connectivity index (χ1n) is 7.21. The molecule has 102 valence electrons. The second-order valence-electron chi connectivity index (χ2n) is 5.52. The Morgan fingerprint density at radius 2 is 2.00 bits per heavy atom. The molecule has 1 rings (SSSR count). The first-order chi connectivity index (χ1) is 8.20. The van der Waals surface area contributed by atoms with Crippen LogP contribution in [0.4, 0.5) is 0 Å². The number of unbranched alkanes of at least 4 members (excludes halogenated alkanes) is 3. The quantitative estimate of drug-likeness (QED) is 0.628. The van der Waals surface area contributed by atoms with E-state index in [2.05, 4.69) is 31.1 Å². The molecular weight excluding hydrogens is 212 g/mol. The summed E-state index contributed by atoms with van der Waals surface area (Å²) in [4.78, 5) is 2.47.